The highest BCUT2D eigenvalue weighted by atomic mass is 19.1. The number of hydrogen-bond donors (Lipinski definition) is 1. The Labute approximate surface area is 105 Å². The molecule has 0 heterocycles. The number of rotatable bonds is 5. The van der Waals surface area contributed by atoms with Gasteiger partial charge in [-0.3, -0.25) is 5.32 Å². The third kappa shape index (κ3) is 2.85. The lowest BCUT2D eigenvalue weighted by atomic mass is 9.91. The molecule has 18 heavy (non-hydrogen) atoms. The zero-order valence-electron chi connectivity index (χ0n) is 10.7. The molecule has 0 aliphatic carbocycles. The van der Waals surface area contributed by atoms with Crippen LogP contribution in [-0.4, -0.2) is 19.6 Å². The molecule has 0 aliphatic heterocycles. The smallest absolute Gasteiger partial charge is 0.330 e. The lowest BCUT2D eigenvalue weighted by Gasteiger charge is -2.28. The van der Waals surface area contributed by atoms with E-state index in [2.05, 4.69) is 10.1 Å². The van der Waals surface area contributed by atoms with Gasteiger partial charge in [0.05, 0.1) is 7.11 Å². The summed E-state index contributed by atoms with van der Waals surface area (Å²) in [4.78, 5) is 11.8. The number of benzene rings is 1. The molecular weight excluding hydrogens is 240 g/mol. The molecule has 1 N–H and O–H groups in total. The van der Waals surface area contributed by atoms with Crippen molar-refractivity contribution in [2.75, 3.05) is 13.7 Å². The Morgan fingerprint density at radius 2 is 2.11 bits per heavy atom. The van der Waals surface area contributed by atoms with Crippen LogP contribution in [0.25, 0.3) is 0 Å². The summed E-state index contributed by atoms with van der Waals surface area (Å²) in [5.41, 5.74) is -1.44. The highest BCUT2D eigenvalue weighted by Gasteiger charge is 2.38. The second-order valence-electron chi connectivity index (χ2n) is 4.17. The quantitative estimate of drug-likeness (QED) is 0.823. The molecule has 0 saturated heterocycles. The highest BCUT2D eigenvalue weighted by molar-refractivity contribution is 5.82. The van der Waals surface area contributed by atoms with Gasteiger partial charge in [0.1, 0.15) is 17.2 Å². The van der Waals surface area contributed by atoms with Crippen molar-refractivity contribution in [3.05, 3.63) is 35.4 Å². The van der Waals surface area contributed by atoms with Gasteiger partial charge in [-0.2, -0.15) is 0 Å². The van der Waals surface area contributed by atoms with Crippen LogP contribution in [-0.2, 0) is 15.1 Å². The minimum atomic E-state index is -1.39. The minimum absolute atomic E-state index is 0.0530. The second-order valence-corrected chi connectivity index (χ2v) is 4.17. The monoisotopic (exact) mass is 257 g/mol. The first-order valence-electron chi connectivity index (χ1n) is 5.74. The maximum Gasteiger partial charge on any atom is 0.330 e. The van der Waals surface area contributed by atoms with E-state index >= 15 is 0 Å². The predicted octanol–water partition coefficient (Wildman–Crippen LogP) is 2.35. The van der Waals surface area contributed by atoms with Crippen molar-refractivity contribution in [1.82, 2.24) is 5.32 Å². The van der Waals surface area contributed by atoms with Gasteiger partial charge in [0.2, 0.25) is 0 Å². The summed E-state index contributed by atoms with van der Waals surface area (Å²) < 4.78 is 31.7. The van der Waals surface area contributed by atoms with Crippen LogP contribution in [0.4, 0.5) is 8.78 Å². The van der Waals surface area contributed by atoms with Gasteiger partial charge in [-0.25, -0.2) is 13.6 Å². The van der Waals surface area contributed by atoms with Gasteiger partial charge in [0.25, 0.3) is 0 Å². The number of methoxy groups -OCH3 is 1. The lowest BCUT2D eigenvalue weighted by Crippen LogP contribution is -2.48. The van der Waals surface area contributed by atoms with Gasteiger partial charge < -0.3 is 4.74 Å². The summed E-state index contributed by atoms with van der Waals surface area (Å²) in [5, 5.41) is 2.90. The molecule has 0 amide bonds. The van der Waals surface area contributed by atoms with Crippen LogP contribution in [0.5, 0.6) is 0 Å². The van der Waals surface area contributed by atoms with E-state index in [-0.39, 0.29) is 5.56 Å². The van der Waals surface area contributed by atoms with E-state index in [1.54, 1.807) is 0 Å². The Bertz CT molecular complexity index is 437. The van der Waals surface area contributed by atoms with Crippen molar-refractivity contribution in [3.63, 3.8) is 0 Å². The van der Waals surface area contributed by atoms with Crippen LogP contribution in [0.1, 0.15) is 25.8 Å². The number of hydrogen-bond acceptors (Lipinski definition) is 3. The first kappa shape index (κ1) is 14.6. The van der Waals surface area contributed by atoms with Crippen LogP contribution in [0.3, 0.4) is 0 Å². The fourth-order valence-corrected chi connectivity index (χ4v) is 1.74. The third-order valence-corrected chi connectivity index (χ3v) is 2.79. The number of ether oxygens (including phenoxy) is 1. The molecule has 0 aromatic heterocycles. The summed E-state index contributed by atoms with van der Waals surface area (Å²) in [6.07, 6.45) is 0.753. The molecule has 1 aromatic rings. The third-order valence-electron chi connectivity index (χ3n) is 2.79. The van der Waals surface area contributed by atoms with E-state index in [1.807, 2.05) is 6.92 Å². The standard InChI is InChI=1S/C13H17F2NO2/c1-4-7-16-13(2,12(17)18-3)10-8-9(14)5-6-11(10)15/h5-6,8,16H,4,7H2,1-3H3. The maximum absolute atomic E-state index is 13.8. The van der Waals surface area contributed by atoms with Gasteiger partial charge in [0.15, 0.2) is 0 Å². The number of esters is 1. The molecule has 0 saturated carbocycles. The summed E-state index contributed by atoms with van der Waals surface area (Å²) >= 11 is 0. The Morgan fingerprint density at radius 1 is 1.44 bits per heavy atom. The molecule has 0 spiro atoms. The van der Waals surface area contributed by atoms with Gasteiger partial charge >= 0.3 is 5.97 Å². The highest BCUT2D eigenvalue weighted by Crippen LogP contribution is 2.26. The molecule has 0 bridgehead atoms. The van der Waals surface area contributed by atoms with Crippen molar-refractivity contribution >= 4 is 5.97 Å². The van der Waals surface area contributed by atoms with E-state index in [1.165, 1.54) is 14.0 Å². The Morgan fingerprint density at radius 3 is 2.67 bits per heavy atom. The zero-order valence-corrected chi connectivity index (χ0v) is 10.7. The lowest BCUT2D eigenvalue weighted by molar-refractivity contribution is -0.148. The van der Waals surface area contributed by atoms with Gasteiger partial charge in [0, 0.05) is 5.56 Å². The first-order valence-corrected chi connectivity index (χ1v) is 5.74. The maximum atomic E-state index is 13.8. The van der Waals surface area contributed by atoms with Crippen molar-refractivity contribution in [1.29, 1.82) is 0 Å². The molecule has 3 nitrogen and oxygen atoms in total. The molecule has 1 aromatic carbocycles. The van der Waals surface area contributed by atoms with Crippen molar-refractivity contribution in [2.24, 2.45) is 0 Å². The van der Waals surface area contributed by atoms with E-state index in [0.717, 1.165) is 24.6 Å². The summed E-state index contributed by atoms with van der Waals surface area (Å²) in [6, 6.07) is 3.02. The largest absolute Gasteiger partial charge is 0.467 e. The van der Waals surface area contributed by atoms with Gasteiger partial charge in [-0.1, -0.05) is 6.92 Å². The number of halogens is 2. The van der Waals surface area contributed by atoms with E-state index in [4.69, 9.17) is 0 Å². The average Bonchev–Trinajstić information content (AvgIpc) is 2.37. The molecule has 0 radical (unpaired) electrons. The topological polar surface area (TPSA) is 38.3 Å². The Balaban J connectivity index is 3.24. The normalized spacial score (nSPS) is 14.1. The minimum Gasteiger partial charge on any atom is -0.467 e. The Kier molecular flexibility index (Phi) is 4.78. The average molecular weight is 257 g/mol. The molecule has 100 valence electrons. The van der Waals surface area contributed by atoms with Gasteiger partial charge in [-0.15, -0.1) is 0 Å². The number of nitrogens with one attached hydrogen (secondary N) is 1. The van der Waals surface area contributed by atoms with Gasteiger partial charge in [-0.05, 0) is 38.1 Å². The SMILES string of the molecule is CCCNC(C)(C(=O)OC)c1cc(F)ccc1F. The van der Waals surface area contributed by atoms with Crippen LogP contribution in [0, 0.1) is 11.6 Å². The van der Waals surface area contributed by atoms with E-state index in [0.29, 0.717) is 6.54 Å². The number of carbonyl (C=O) groups excluding carboxylic acids is 1. The summed E-state index contributed by atoms with van der Waals surface area (Å²) in [6.45, 7) is 3.88. The van der Waals surface area contributed by atoms with Crippen LogP contribution in [0.2, 0.25) is 0 Å². The van der Waals surface area contributed by atoms with Crippen molar-refractivity contribution in [2.45, 2.75) is 25.8 Å². The summed E-state index contributed by atoms with van der Waals surface area (Å²) in [7, 11) is 1.21. The zero-order chi connectivity index (χ0) is 13.8. The van der Waals surface area contributed by atoms with E-state index in [9.17, 15) is 13.6 Å². The fraction of sp³-hybridized carbons (Fsp3) is 0.462. The van der Waals surface area contributed by atoms with E-state index < -0.39 is 23.1 Å². The Hall–Kier alpha value is -1.49. The fourth-order valence-electron chi connectivity index (χ4n) is 1.74. The molecule has 1 rings (SSSR count). The van der Waals surface area contributed by atoms with Crippen molar-refractivity contribution < 1.29 is 18.3 Å². The van der Waals surface area contributed by atoms with Crippen LogP contribution >= 0.6 is 0 Å². The molecule has 1 unspecified atom stereocenters. The van der Waals surface area contributed by atoms with Crippen molar-refractivity contribution in [3.8, 4) is 0 Å². The number of carbonyl (C=O) groups is 1. The first-order chi connectivity index (χ1) is 8.45. The second kappa shape index (κ2) is 5.91. The molecule has 0 aliphatic rings. The predicted molar refractivity (Wildman–Crippen MR) is 64.0 cm³/mol. The van der Waals surface area contributed by atoms with Crippen LogP contribution < -0.4 is 5.32 Å². The van der Waals surface area contributed by atoms with Crippen LogP contribution in [0.15, 0.2) is 18.2 Å². The molecule has 5 heteroatoms. The summed E-state index contributed by atoms with van der Waals surface area (Å²) in [5.74, 6) is -1.90. The molecular formula is C13H17F2NO2. The molecule has 0 fully saturated rings. The molecule has 1 atom stereocenters.